The van der Waals surface area contributed by atoms with Crippen molar-refractivity contribution in [1.82, 2.24) is 5.32 Å². The summed E-state index contributed by atoms with van der Waals surface area (Å²) in [6.07, 6.45) is 3.69. The Morgan fingerprint density at radius 1 is 1.10 bits per heavy atom. The highest BCUT2D eigenvalue weighted by molar-refractivity contribution is 5.96. The standard InChI is InChI=1S/C23H29N3O3/c1-17-11-12-21(29-2)20(13-17)25-22(27)14-24-23(28)16-26(15-18-7-6-8-18)19-9-4-3-5-10-19/h3-5,9-13,18H,6-8,14-16H2,1-2H3,(H,24,28)(H,25,27). The second-order valence-electron chi connectivity index (χ2n) is 7.54. The summed E-state index contributed by atoms with van der Waals surface area (Å²) >= 11 is 0. The van der Waals surface area contributed by atoms with Gasteiger partial charge in [0.25, 0.3) is 0 Å². The predicted molar refractivity (Wildman–Crippen MR) is 115 cm³/mol. The fourth-order valence-electron chi connectivity index (χ4n) is 3.41. The minimum absolute atomic E-state index is 0.0814. The number of nitrogens with one attached hydrogen (secondary N) is 2. The van der Waals surface area contributed by atoms with Crippen LogP contribution in [0.25, 0.3) is 0 Å². The quantitative estimate of drug-likeness (QED) is 0.683. The van der Waals surface area contributed by atoms with Gasteiger partial charge in [0.2, 0.25) is 11.8 Å². The van der Waals surface area contributed by atoms with E-state index in [1.54, 1.807) is 7.11 Å². The van der Waals surface area contributed by atoms with Crippen LogP contribution >= 0.6 is 0 Å². The fourth-order valence-corrected chi connectivity index (χ4v) is 3.41. The second kappa shape index (κ2) is 9.96. The average molecular weight is 396 g/mol. The van der Waals surface area contributed by atoms with Gasteiger partial charge >= 0.3 is 0 Å². The molecule has 6 nitrogen and oxygen atoms in total. The minimum Gasteiger partial charge on any atom is -0.495 e. The maximum absolute atomic E-state index is 12.5. The van der Waals surface area contributed by atoms with Crippen molar-refractivity contribution in [2.75, 3.05) is 37.0 Å². The number of carbonyl (C=O) groups excluding carboxylic acids is 2. The lowest BCUT2D eigenvalue weighted by atomic mass is 9.85. The summed E-state index contributed by atoms with van der Waals surface area (Å²) < 4.78 is 5.27. The van der Waals surface area contributed by atoms with Gasteiger partial charge in [0.05, 0.1) is 25.9 Å². The molecule has 0 heterocycles. The Hall–Kier alpha value is -3.02. The third-order valence-electron chi connectivity index (χ3n) is 5.23. The van der Waals surface area contributed by atoms with E-state index in [4.69, 9.17) is 4.74 Å². The van der Waals surface area contributed by atoms with Crippen molar-refractivity contribution >= 4 is 23.2 Å². The molecule has 0 spiro atoms. The van der Waals surface area contributed by atoms with Crippen LogP contribution in [0.3, 0.4) is 0 Å². The van der Waals surface area contributed by atoms with Crippen molar-refractivity contribution in [3.63, 3.8) is 0 Å². The number of aryl methyl sites for hydroxylation is 1. The SMILES string of the molecule is COc1ccc(C)cc1NC(=O)CNC(=O)CN(CC1CCC1)c1ccccc1. The fraction of sp³-hybridized carbons (Fsp3) is 0.391. The van der Waals surface area contributed by atoms with Gasteiger partial charge in [-0.05, 0) is 55.5 Å². The van der Waals surface area contributed by atoms with Gasteiger partial charge in [0, 0.05) is 12.2 Å². The predicted octanol–water partition coefficient (Wildman–Crippen LogP) is 3.37. The van der Waals surface area contributed by atoms with E-state index < -0.39 is 0 Å². The molecule has 0 atom stereocenters. The van der Waals surface area contributed by atoms with Crippen LogP contribution in [0.2, 0.25) is 0 Å². The summed E-state index contributed by atoms with van der Waals surface area (Å²) in [5.41, 5.74) is 2.64. The largest absolute Gasteiger partial charge is 0.495 e. The number of anilines is 2. The summed E-state index contributed by atoms with van der Waals surface area (Å²) in [5, 5.41) is 5.53. The van der Waals surface area contributed by atoms with E-state index >= 15 is 0 Å². The van der Waals surface area contributed by atoms with Gasteiger partial charge in [-0.2, -0.15) is 0 Å². The first-order valence-corrected chi connectivity index (χ1v) is 10.1. The Kier molecular flexibility index (Phi) is 7.11. The Labute approximate surface area is 172 Å². The molecule has 154 valence electrons. The van der Waals surface area contributed by atoms with Crippen LogP contribution in [-0.2, 0) is 9.59 Å². The number of hydrogen-bond donors (Lipinski definition) is 2. The molecule has 0 radical (unpaired) electrons. The molecule has 2 aromatic carbocycles. The number of benzene rings is 2. The van der Waals surface area contributed by atoms with Crippen LogP contribution in [0, 0.1) is 12.8 Å². The van der Waals surface area contributed by atoms with Gasteiger partial charge in [-0.3, -0.25) is 9.59 Å². The Bertz CT molecular complexity index is 835. The van der Waals surface area contributed by atoms with Crippen LogP contribution in [0.1, 0.15) is 24.8 Å². The topological polar surface area (TPSA) is 70.7 Å². The first-order valence-electron chi connectivity index (χ1n) is 10.1. The number of rotatable bonds is 9. The summed E-state index contributed by atoms with van der Waals surface area (Å²) in [4.78, 5) is 26.9. The Balaban J connectivity index is 1.53. The molecular formula is C23H29N3O3. The lowest BCUT2D eigenvalue weighted by Crippen LogP contribution is -2.43. The van der Waals surface area contributed by atoms with Gasteiger partial charge in [-0.1, -0.05) is 30.7 Å². The molecule has 0 bridgehead atoms. The van der Waals surface area contributed by atoms with Gasteiger partial charge in [0.15, 0.2) is 0 Å². The van der Waals surface area contributed by atoms with E-state index in [1.165, 1.54) is 19.3 Å². The van der Waals surface area contributed by atoms with E-state index in [9.17, 15) is 9.59 Å². The van der Waals surface area contributed by atoms with E-state index in [-0.39, 0.29) is 24.9 Å². The number of amides is 2. The van der Waals surface area contributed by atoms with E-state index in [0.29, 0.717) is 17.4 Å². The van der Waals surface area contributed by atoms with Crippen LogP contribution < -0.4 is 20.3 Å². The van der Waals surface area contributed by atoms with Crippen LogP contribution in [0.15, 0.2) is 48.5 Å². The summed E-state index contributed by atoms with van der Waals surface area (Å²) in [6, 6.07) is 15.5. The van der Waals surface area contributed by atoms with Crippen molar-refractivity contribution in [3.8, 4) is 5.75 Å². The van der Waals surface area contributed by atoms with E-state index in [1.807, 2.05) is 55.5 Å². The maximum atomic E-state index is 12.5. The monoisotopic (exact) mass is 395 g/mol. The van der Waals surface area contributed by atoms with Crippen molar-refractivity contribution in [2.24, 2.45) is 5.92 Å². The molecule has 2 amide bonds. The number of nitrogens with zero attached hydrogens (tertiary/aromatic N) is 1. The normalized spacial score (nSPS) is 13.3. The third-order valence-corrected chi connectivity index (χ3v) is 5.23. The zero-order valence-electron chi connectivity index (χ0n) is 17.1. The van der Waals surface area contributed by atoms with Crippen molar-refractivity contribution in [2.45, 2.75) is 26.2 Å². The molecule has 1 saturated carbocycles. The highest BCUT2D eigenvalue weighted by Crippen LogP contribution is 2.29. The van der Waals surface area contributed by atoms with Gasteiger partial charge < -0.3 is 20.3 Å². The number of para-hydroxylation sites is 1. The number of methoxy groups -OCH3 is 1. The molecule has 0 aliphatic heterocycles. The maximum Gasteiger partial charge on any atom is 0.243 e. The van der Waals surface area contributed by atoms with Crippen LogP contribution in [-0.4, -0.2) is 38.6 Å². The van der Waals surface area contributed by atoms with Gasteiger partial charge in [0.1, 0.15) is 5.75 Å². The zero-order chi connectivity index (χ0) is 20.6. The molecule has 0 aromatic heterocycles. The molecular weight excluding hydrogens is 366 g/mol. The van der Waals surface area contributed by atoms with Crippen LogP contribution in [0.4, 0.5) is 11.4 Å². The molecule has 1 aliphatic rings. The molecule has 1 fully saturated rings. The summed E-state index contributed by atoms with van der Waals surface area (Å²) in [5.74, 6) is 0.776. The highest BCUT2D eigenvalue weighted by atomic mass is 16.5. The first-order chi connectivity index (χ1) is 14.0. The third kappa shape index (κ3) is 5.98. The Morgan fingerprint density at radius 3 is 2.52 bits per heavy atom. The van der Waals surface area contributed by atoms with Crippen molar-refractivity contribution < 1.29 is 14.3 Å². The lowest BCUT2D eigenvalue weighted by Gasteiger charge is -2.33. The minimum atomic E-state index is -0.285. The zero-order valence-corrected chi connectivity index (χ0v) is 17.1. The molecule has 29 heavy (non-hydrogen) atoms. The lowest BCUT2D eigenvalue weighted by molar-refractivity contribution is -0.123. The molecule has 3 rings (SSSR count). The van der Waals surface area contributed by atoms with Gasteiger partial charge in [-0.15, -0.1) is 0 Å². The molecule has 0 saturated heterocycles. The Morgan fingerprint density at radius 2 is 1.86 bits per heavy atom. The van der Waals surface area contributed by atoms with Gasteiger partial charge in [-0.25, -0.2) is 0 Å². The second-order valence-corrected chi connectivity index (χ2v) is 7.54. The number of carbonyl (C=O) groups is 2. The van der Waals surface area contributed by atoms with Crippen molar-refractivity contribution in [1.29, 1.82) is 0 Å². The molecule has 1 aliphatic carbocycles. The summed E-state index contributed by atoms with van der Waals surface area (Å²) in [7, 11) is 1.56. The summed E-state index contributed by atoms with van der Waals surface area (Å²) in [6.45, 7) is 2.96. The van der Waals surface area contributed by atoms with E-state index in [0.717, 1.165) is 17.8 Å². The number of ether oxygens (including phenoxy) is 1. The smallest absolute Gasteiger partial charge is 0.243 e. The van der Waals surface area contributed by atoms with E-state index in [2.05, 4.69) is 15.5 Å². The molecule has 2 aromatic rings. The first kappa shape index (κ1) is 20.7. The van der Waals surface area contributed by atoms with Crippen LogP contribution in [0.5, 0.6) is 5.75 Å². The molecule has 6 heteroatoms. The van der Waals surface area contributed by atoms with Crippen molar-refractivity contribution in [3.05, 3.63) is 54.1 Å². The average Bonchev–Trinajstić information content (AvgIpc) is 2.69. The molecule has 0 unspecified atom stereocenters. The highest BCUT2D eigenvalue weighted by Gasteiger charge is 2.22. The number of hydrogen-bond acceptors (Lipinski definition) is 4. The molecule has 2 N–H and O–H groups in total.